The second-order valence-corrected chi connectivity index (χ2v) is 5.67. The van der Waals surface area contributed by atoms with Crippen LogP contribution in [0, 0.1) is 11.7 Å². The van der Waals surface area contributed by atoms with Crippen molar-refractivity contribution < 1.29 is 9.18 Å². The molecule has 1 aliphatic rings. The van der Waals surface area contributed by atoms with E-state index in [0.29, 0.717) is 24.8 Å². The Hall–Kier alpha value is -1.38. The lowest BCUT2D eigenvalue weighted by Gasteiger charge is -2.27. The summed E-state index contributed by atoms with van der Waals surface area (Å²) in [4.78, 5) is 14.3. The van der Waals surface area contributed by atoms with E-state index in [9.17, 15) is 9.18 Å². The van der Waals surface area contributed by atoms with E-state index in [2.05, 4.69) is 13.8 Å². The number of halogens is 1. The number of hydrogen-bond acceptors (Lipinski definition) is 1. The third-order valence-corrected chi connectivity index (χ3v) is 3.93. The summed E-state index contributed by atoms with van der Waals surface area (Å²) in [7, 11) is 0. The summed E-state index contributed by atoms with van der Waals surface area (Å²) in [6.45, 7) is 5.25. The molecule has 19 heavy (non-hydrogen) atoms. The van der Waals surface area contributed by atoms with Crippen LogP contribution >= 0.6 is 0 Å². The van der Waals surface area contributed by atoms with Crippen LogP contribution in [-0.2, 0) is 11.2 Å². The first-order valence-electron chi connectivity index (χ1n) is 7.12. The van der Waals surface area contributed by atoms with Gasteiger partial charge in [0, 0.05) is 19.0 Å². The molecule has 3 heteroatoms. The molecule has 1 aromatic carbocycles. The Morgan fingerprint density at radius 2 is 2.05 bits per heavy atom. The van der Waals surface area contributed by atoms with Crippen molar-refractivity contribution in [3.63, 3.8) is 0 Å². The van der Waals surface area contributed by atoms with Crippen molar-refractivity contribution >= 4 is 5.91 Å². The summed E-state index contributed by atoms with van der Waals surface area (Å²) in [6, 6.07) is 6.82. The van der Waals surface area contributed by atoms with Gasteiger partial charge in [0.1, 0.15) is 5.82 Å². The molecule has 0 N–H and O–H groups in total. The average molecular weight is 263 g/mol. The highest BCUT2D eigenvalue weighted by atomic mass is 19.1. The van der Waals surface area contributed by atoms with Crippen LogP contribution in [0.25, 0.3) is 0 Å². The predicted octanol–water partition coefficient (Wildman–Crippen LogP) is 3.41. The molecule has 0 radical (unpaired) electrons. The van der Waals surface area contributed by atoms with Crippen LogP contribution in [-0.4, -0.2) is 23.4 Å². The minimum atomic E-state index is -0.227. The smallest absolute Gasteiger partial charge is 0.223 e. The Balaban J connectivity index is 1.89. The number of likely N-dealkylation sites (tertiary alicyclic amines) is 1. The molecule has 2 rings (SSSR count). The van der Waals surface area contributed by atoms with Crippen LogP contribution in [0.2, 0.25) is 0 Å². The molecule has 1 heterocycles. The molecule has 0 saturated carbocycles. The molecule has 2 nitrogen and oxygen atoms in total. The summed E-state index contributed by atoms with van der Waals surface area (Å²) in [5.41, 5.74) is 1.02. The molecule has 1 aromatic rings. The van der Waals surface area contributed by atoms with Crippen molar-refractivity contribution in [2.75, 3.05) is 6.54 Å². The predicted molar refractivity (Wildman–Crippen MR) is 74.3 cm³/mol. The first-order chi connectivity index (χ1) is 9.08. The molecule has 0 spiro atoms. The van der Waals surface area contributed by atoms with Crippen molar-refractivity contribution in [1.82, 2.24) is 4.90 Å². The van der Waals surface area contributed by atoms with E-state index >= 15 is 0 Å². The molecule has 0 aliphatic carbocycles. The summed E-state index contributed by atoms with van der Waals surface area (Å²) in [5.74, 6) is 0.535. The van der Waals surface area contributed by atoms with Crippen LogP contribution in [0.3, 0.4) is 0 Å². The highest BCUT2D eigenvalue weighted by Gasteiger charge is 2.30. The molecule has 0 bridgehead atoms. The highest BCUT2D eigenvalue weighted by Crippen LogP contribution is 2.24. The van der Waals surface area contributed by atoms with E-state index in [1.54, 1.807) is 12.1 Å². The van der Waals surface area contributed by atoms with Gasteiger partial charge < -0.3 is 4.90 Å². The van der Waals surface area contributed by atoms with Crippen LogP contribution < -0.4 is 0 Å². The fourth-order valence-corrected chi connectivity index (χ4v) is 2.84. The highest BCUT2D eigenvalue weighted by molar-refractivity contribution is 5.77. The first kappa shape index (κ1) is 14.0. The van der Waals surface area contributed by atoms with Gasteiger partial charge in [-0.3, -0.25) is 4.79 Å². The van der Waals surface area contributed by atoms with Gasteiger partial charge in [-0.1, -0.05) is 26.0 Å². The third kappa shape index (κ3) is 3.55. The van der Waals surface area contributed by atoms with Crippen molar-refractivity contribution in [3.05, 3.63) is 35.6 Å². The number of rotatable bonds is 4. The standard InChI is InChI=1S/C16H22FNO/c1-12(2)15-4-3-11-18(15)16(19)10-7-13-5-8-14(17)9-6-13/h5-6,8-9,12,15H,3-4,7,10-11H2,1-2H3/t15-/m1/s1. The molecule has 1 aliphatic heterocycles. The molecule has 0 aromatic heterocycles. The minimum absolute atomic E-state index is 0.227. The van der Waals surface area contributed by atoms with Gasteiger partial charge in [0.2, 0.25) is 5.91 Å². The molecule has 0 unspecified atom stereocenters. The van der Waals surface area contributed by atoms with Crippen LogP contribution in [0.4, 0.5) is 4.39 Å². The number of nitrogens with zero attached hydrogens (tertiary/aromatic N) is 1. The summed E-state index contributed by atoms with van der Waals surface area (Å²) >= 11 is 0. The van der Waals surface area contributed by atoms with E-state index in [-0.39, 0.29) is 11.7 Å². The monoisotopic (exact) mass is 263 g/mol. The van der Waals surface area contributed by atoms with E-state index in [0.717, 1.165) is 24.9 Å². The van der Waals surface area contributed by atoms with Crippen LogP contribution in [0.5, 0.6) is 0 Å². The van der Waals surface area contributed by atoms with Crippen molar-refractivity contribution in [1.29, 1.82) is 0 Å². The molecule has 1 amide bonds. The fraction of sp³-hybridized carbons (Fsp3) is 0.562. The maximum atomic E-state index is 12.8. The zero-order valence-corrected chi connectivity index (χ0v) is 11.7. The van der Waals surface area contributed by atoms with E-state index < -0.39 is 0 Å². The van der Waals surface area contributed by atoms with Gasteiger partial charge in [-0.05, 0) is 42.9 Å². The molecular weight excluding hydrogens is 241 g/mol. The number of benzene rings is 1. The first-order valence-corrected chi connectivity index (χ1v) is 7.12. The Kier molecular flexibility index (Phi) is 4.56. The number of hydrogen-bond donors (Lipinski definition) is 0. The Morgan fingerprint density at radius 3 is 2.68 bits per heavy atom. The van der Waals surface area contributed by atoms with Gasteiger partial charge in [0.05, 0.1) is 0 Å². The molecule has 1 saturated heterocycles. The van der Waals surface area contributed by atoms with Crippen molar-refractivity contribution in [2.45, 2.75) is 45.6 Å². The van der Waals surface area contributed by atoms with Gasteiger partial charge in [0.25, 0.3) is 0 Å². The average Bonchev–Trinajstić information content (AvgIpc) is 2.87. The number of carbonyl (C=O) groups is 1. The number of aryl methyl sites for hydroxylation is 1. The van der Waals surface area contributed by atoms with Crippen LogP contribution in [0.1, 0.15) is 38.7 Å². The quantitative estimate of drug-likeness (QED) is 0.815. The van der Waals surface area contributed by atoms with Crippen molar-refractivity contribution in [3.8, 4) is 0 Å². The Morgan fingerprint density at radius 1 is 1.37 bits per heavy atom. The lowest BCUT2D eigenvalue weighted by molar-refractivity contribution is -0.132. The maximum Gasteiger partial charge on any atom is 0.223 e. The van der Waals surface area contributed by atoms with Crippen LogP contribution in [0.15, 0.2) is 24.3 Å². The van der Waals surface area contributed by atoms with Gasteiger partial charge in [0.15, 0.2) is 0 Å². The Bertz CT molecular complexity index is 427. The molecule has 104 valence electrons. The van der Waals surface area contributed by atoms with Gasteiger partial charge in [-0.25, -0.2) is 4.39 Å². The van der Waals surface area contributed by atoms with E-state index in [1.165, 1.54) is 12.1 Å². The second-order valence-electron chi connectivity index (χ2n) is 5.67. The van der Waals surface area contributed by atoms with Crippen molar-refractivity contribution in [2.24, 2.45) is 5.92 Å². The molecule has 1 fully saturated rings. The SMILES string of the molecule is CC(C)[C@H]1CCCN1C(=O)CCc1ccc(F)cc1. The normalized spacial score (nSPS) is 19.2. The zero-order valence-electron chi connectivity index (χ0n) is 11.7. The zero-order chi connectivity index (χ0) is 13.8. The third-order valence-electron chi connectivity index (χ3n) is 3.93. The molecule has 1 atom stereocenters. The van der Waals surface area contributed by atoms with E-state index in [1.807, 2.05) is 4.90 Å². The molecular formula is C16H22FNO. The minimum Gasteiger partial charge on any atom is -0.339 e. The Labute approximate surface area is 114 Å². The summed E-state index contributed by atoms with van der Waals surface area (Å²) in [6.07, 6.45) is 3.46. The van der Waals surface area contributed by atoms with Gasteiger partial charge in [-0.2, -0.15) is 0 Å². The summed E-state index contributed by atoms with van der Waals surface area (Å²) < 4.78 is 12.8. The number of carbonyl (C=O) groups excluding carboxylic acids is 1. The van der Waals surface area contributed by atoms with Gasteiger partial charge in [-0.15, -0.1) is 0 Å². The lowest BCUT2D eigenvalue weighted by Crippen LogP contribution is -2.38. The summed E-state index contributed by atoms with van der Waals surface area (Å²) in [5, 5.41) is 0. The maximum absolute atomic E-state index is 12.8. The second kappa shape index (κ2) is 6.18. The van der Waals surface area contributed by atoms with E-state index in [4.69, 9.17) is 0 Å². The van der Waals surface area contributed by atoms with Gasteiger partial charge >= 0.3 is 0 Å². The largest absolute Gasteiger partial charge is 0.339 e. The lowest BCUT2D eigenvalue weighted by atomic mass is 10.0. The fourth-order valence-electron chi connectivity index (χ4n) is 2.84. The topological polar surface area (TPSA) is 20.3 Å². The number of amides is 1.